The molecule has 0 bridgehead atoms. The summed E-state index contributed by atoms with van der Waals surface area (Å²) < 4.78 is 24.3. The number of benzene rings is 1. The third-order valence-electron chi connectivity index (χ3n) is 3.26. The lowest BCUT2D eigenvalue weighted by Gasteiger charge is -2.34. The summed E-state index contributed by atoms with van der Waals surface area (Å²) in [7, 11) is 1.46. The standard InChI is InChI=1S/C13H18FNO2/c1-8-9(2)17-13(7-15-8)10-4-5-12(16-3)11(14)6-10/h4-6,8-9,13,15H,7H2,1-3H3. The van der Waals surface area contributed by atoms with Gasteiger partial charge in [0.15, 0.2) is 11.6 Å². The molecule has 2 rings (SSSR count). The van der Waals surface area contributed by atoms with Gasteiger partial charge < -0.3 is 14.8 Å². The van der Waals surface area contributed by atoms with Crippen molar-refractivity contribution in [3.05, 3.63) is 29.6 Å². The van der Waals surface area contributed by atoms with Crippen molar-refractivity contribution in [1.29, 1.82) is 0 Å². The molecule has 3 unspecified atom stereocenters. The number of halogens is 1. The fourth-order valence-corrected chi connectivity index (χ4v) is 1.96. The minimum absolute atomic E-state index is 0.0957. The number of rotatable bonds is 2. The molecule has 1 aromatic rings. The monoisotopic (exact) mass is 239 g/mol. The zero-order valence-corrected chi connectivity index (χ0v) is 10.4. The van der Waals surface area contributed by atoms with Gasteiger partial charge in [0, 0.05) is 12.6 Å². The van der Waals surface area contributed by atoms with E-state index in [1.54, 1.807) is 6.07 Å². The van der Waals surface area contributed by atoms with Gasteiger partial charge in [-0.1, -0.05) is 6.07 Å². The summed E-state index contributed by atoms with van der Waals surface area (Å²) in [6.07, 6.45) is 0.0283. The van der Waals surface area contributed by atoms with Crippen molar-refractivity contribution in [2.45, 2.75) is 32.1 Å². The third kappa shape index (κ3) is 2.58. The van der Waals surface area contributed by atoms with E-state index in [9.17, 15) is 4.39 Å². The lowest BCUT2D eigenvalue weighted by atomic mass is 10.0. The highest BCUT2D eigenvalue weighted by Gasteiger charge is 2.26. The normalized spacial score (nSPS) is 29.1. The molecule has 1 aromatic carbocycles. The first-order chi connectivity index (χ1) is 8.11. The Morgan fingerprint density at radius 1 is 1.41 bits per heavy atom. The summed E-state index contributed by atoms with van der Waals surface area (Å²) >= 11 is 0. The highest BCUT2D eigenvalue weighted by atomic mass is 19.1. The maximum Gasteiger partial charge on any atom is 0.165 e. The van der Waals surface area contributed by atoms with Crippen LogP contribution in [0.2, 0.25) is 0 Å². The first-order valence-electron chi connectivity index (χ1n) is 5.84. The number of morpholine rings is 1. The lowest BCUT2D eigenvalue weighted by molar-refractivity contribution is -0.0510. The van der Waals surface area contributed by atoms with Crippen molar-refractivity contribution in [1.82, 2.24) is 5.32 Å². The van der Waals surface area contributed by atoms with Gasteiger partial charge in [0.25, 0.3) is 0 Å². The molecular weight excluding hydrogens is 221 g/mol. The van der Waals surface area contributed by atoms with Gasteiger partial charge in [-0.2, -0.15) is 0 Å². The van der Waals surface area contributed by atoms with Crippen molar-refractivity contribution >= 4 is 0 Å². The number of hydrogen-bond donors (Lipinski definition) is 1. The Morgan fingerprint density at radius 3 is 2.76 bits per heavy atom. The zero-order valence-electron chi connectivity index (χ0n) is 10.4. The smallest absolute Gasteiger partial charge is 0.165 e. The summed E-state index contributed by atoms with van der Waals surface area (Å²) in [5.74, 6) is -0.0844. The molecule has 0 spiro atoms. The van der Waals surface area contributed by atoms with Crippen LogP contribution in [-0.2, 0) is 4.74 Å². The Hall–Kier alpha value is -1.13. The molecule has 1 N–H and O–H groups in total. The van der Waals surface area contributed by atoms with Crippen LogP contribution in [0.25, 0.3) is 0 Å². The van der Waals surface area contributed by atoms with E-state index in [0.29, 0.717) is 12.6 Å². The molecule has 94 valence electrons. The first-order valence-corrected chi connectivity index (χ1v) is 5.84. The van der Waals surface area contributed by atoms with Gasteiger partial charge in [-0.3, -0.25) is 0 Å². The van der Waals surface area contributed by atoms with Gasteiger partial charge in [-0.15, -0.1) is 0 Å². The van der Waals surface area contributed by atoms with Crippen molar-refractivity contribution < 1.29 is 13.9 Å². The average molecular weight is 239 g/mol. The molecule has 1 aliphatic rings. The largest absolute Gasteiger partial charge is 0.494 e. The van der Waals surface area contributed by atoms with Crippen molar-refractivity contribution in [2.75, 3.05) is 13.7 Å². The van der Waals surface area contributed by atoms with Crippen LogP contribution in [0.15, 0.2) is 18.2 Å². The maximum atomic E-state index is 13.6. The van der Waals surface area contributed by atoms with Crippen LogP contribution in [0.1, 0.15) is 25.5 Å². The average Bonchev–Trinajstić information content (AvgIpc) is 2.32. The highest BCUT2D eigenvalue weighted by Crippen LogP contribution is 2.27. The Bertz CT molecular complexity index is 397. The van der Waals surface area contributed by atoms with E-state index < -0.39 is 0 Å². The molecule has 0 amide bonds. The van der Waals surface area contributed by atoms with Crippen molar-refractivity contribution in [3.8, 4) is 5.75 Å². The SMILES string of the molecule is COc1ccc(C2CNC(C)C(C)O2)cc1F. The lowest BCUT2D eigenvalue weighted by Crippen LogP contribution is -2.46. The van der Waals surface area contributed by atoms with Gasteiger partial charge in [0.1, 0.15) is 0 Å². The third-order valence-corrected chi connectivity index (χ3v) is 3.26. The Kier molecular flexibility index (Phi) is 3.64. The van der Waals surface area contributed by atoms with Crippen LogP contribution in [0.3, 0.4) is 0 Å². The van der Waals surface area contributed by atoms with E-state index in [2.05, 4.69) is 12.2 Å². The number of methoxy groups -OCH3 is 1. The predicted molar refractivity (Wildman–Crippen MR) is 63.7 cm³/mol. The second-order valence-electron chi connectivity index (χ2n) is 4.42. The van der Waals surface area contributed by atoms with Crippen molar-refractivity contribution in [2.24, 2.45) is 0 Å². The van der Waals surface area contributed by atoms with Gasteiger partial charge >= 0.3 is 0 Å². The van der Waals surface area contributed by atoms with E-state index >= 15 is 0 Å². The van der Waals surface area contributed by atoms with E-state index in [4.69, 9.17) is 9.47 Å². The zero-order chi connectivity index (χ0) is 12.4. The number of nitrogens with one attached hydrogen (secondary N) is 1. The van der Waals surface area contributed by atoms with Gasteiger partial charge in [-0.05, 0) is 31.5 Å². The molecule has 17 heavy (non-hydrogen) atoms. The van der Waals surface area contributed by atoms with Gasteiger partial charge in [0.05, 0.1) is 19.3 Å². The summed E-state index contributed by atoms with van der Waals surface area (Å²) in [6, 6.07) is 5.29. The van der Waals surface area contributed by atoms with Gasteiger partial charge in [-0.25, -0.2) is 4.39 Å². The van der Waals surface area contributed by atoms with Gasteiger partial charge in [0.2, 0.25) is 0 Å². The molecule has 0 aromatic heterocycles. The molecular formula is C13H18FNO2. The second kappa shape index (κ2) is 5.02. The first kappa shape index (κ1) is 12.3. The number of hydrogen-bond acceptors (Lipinski definition) is 3. The summed E-state index contributed by atoms with van der Waals surface area (Å²) in [5, 5.41) is 3.35. The molecule has 0 aliphatic carbocycles. The Balaban J connectivity index is 2.15. The summed E-state index contributed by atoms with van der Waals surface area (Å²) in [5.41, 5.74) is 0.842. The van der Waals surface area contributed by atoms with Crippen LogP contribution in [0.4, 0.5) is 4.39 Å². The summed E-state index contributed by atoms with van der Waals surface area (Å²) in [4.78, 5) is 0. The van der Waals surface area contributed by atoms with Crippen LogP contribution in [-0.4, -0.2) is 25.8 Å². The van der Waals surface area contributed by atoms with Crippen LogP contribution < -0.4 is 10.1 Å². The molecule has 1 aliphatic heterocycles. The Morgan fingerprint density at radius 2 is 2.18 bits per heavy atom. The molecule has 0 saturated carbocycles. The van der Waals surface area contributed by atoms with E-state index in [1.165, 1.54) is 13.2 Å². The van der Waals surface area contributed by atoms with Crippen LogP contribution in [0, 0.1) is 5.82 Å². The molecule has 3 nitrogen and oxygen atoms in total. The van der Waals surface area contributed by atoms with E-state index in [1.807, 2.05) is 13.0 Å². The molecule has 4 heteroatoms. The number of ether oxygens (including phenoxy) is 2. The Labute approximate surface area is 101 Å². The summed E-state index contributed by atoms with van der Waals surface area (Å²) in [6.45, 7) is 4.80. The maximum absolute atomic E-state index is 13.6. The molecule has 1 saturated heterocycles. The fourth-order valence-electron chi connectivity index (χ4n) is 1.96. The minimum Gasteiger partial charge on any atom is -0.494 e. The quantitative estimate of drug-likeness (QED) is 0.858. The van der Waals surface area contributed by atoms with Crippen LogP contribution >= 0.6 is 0 Å². The molecule has 3 atom stereocenters. The van der Waals surface area contributed by atoms with E-state index in [-0.39, 0.29) is 23.8 Å². The van der Waals surface area contributed by atoms with E-state index in [0.717, 1.165) is 5.56 Å². The molecule has 0 radical (unpaired) electrons. The minimum atomic E-state index is -0.347. The molecule has 1 heterocycles. The predicted octanol–water partition coefficient (Wildman–Crippen LogP) is 2.27. The molecule has 1 fully saturated rings. The van der Waals surface area contributed by atoms with Crippen LogP contribution in [0.5, 0.6) is 5.75 Å². The highest BCUT2D eigenvalue weighted by molar-refractivity contribution is 5.30. The van der Waals surface area contributed by atoms with Crippen molar-refractivity contribution in [3.63, 3.8) is 0 Å². The second-order valence-corrected chi connectivity index (χ2v) is 4.42. The topological polar surface area (TPSA) is 30.5 Å². The fraction of sp³-hybridized carbons (Fsp3) is 0.538.